The fourth-order valence-electron chi connectivity index (χ4n) is 0.331. The molecule has 0 aliphatic heterocycles. The van der Waals surface area contributed by atoms with E-state index in [1.165, 1.54) is 0 Å². The Morgan fingerprint density at radius 3 is 2.22 bits per heavy atom. The maximum absolute atomic E-state index is 10.4. The van der Waals surface area contributed by atoms with E-state index in [4.69, 9.17) is 5.11 Å². The van der Waals surface area contributed by atoms with Crippen molar-refractivity contribution in [3.05, 3.63) is 0 Å². The second-order valence-corrected chi connectivity index (χ2v) is 2.69. The fourth-order valence-corrected chi connectivity index (χ4v) is 0.690. The van der Waals surface area contributed by atoms with E-state index in [0.717, 1.165) is 0 Å². The van der Waals surface area contributed by atoms with Gasteiger partial charge in [-0.2, -0.15) is 12.6 Å². The van der Waals surface area contributed by atoms with Crippen molar-refractivity contribution in [3.63, 3.8) is 0 Å². The van der Waals surface area contributed by atoms with E-state index < -0.39 is 11.4 Å². The molecule has 0 saturated carbocycles. The van der Waals surface area contributed by atoms with E-state index in [1.54, 1.807) is 6.92 Å². The molecule has 0 aromatic heterocycles. The molecular formula is C6H12O2S. The molecule has 9 heavy (non-hydrogen) atoms. The normalized spacial score (nSPS) is 16.8. The van der Waals surface area contributed by atoms with Crippen LogP contribution in [0.15, 0.2) is 0 Å². The van der Waals surface area contributed by atoms with E-state index in [2.05, 4.69) is 12.6 Å². The molecule has 0 rings (SSSR count). The van der Waals surface area contributed by atoms with Gasteiger partial charge in [0.05, 0.1) is 5.41 Å². The maximum atomic E-state index is 10.4. The first-order valence-corrected chi connectivity index (χ1v) is 3.54. The average Bonchev–Trinajstić information content (AvgIpc) is 1.86. The van der Waals surface area contributed by atoms with Gasteiger partial charge in [0.15, 0.2) is 0 Å². The molecule has 0 radical (unpaired) electrons. The Hall–Kier alpha value is -0.180. The Morgan fingerprint density at radius 1 is 1.78 bits per heavy atom. The largest absolute Gasteiger partial charge is 0.481 e. The summed E-state index contributed by atoms with van der Waals surface area (Å²) in [5.74, 6) is -0.362. The maximum Gasteiger partial charge on any atom is 0.310 e. The Morgan fingerprint density at radius 2 is 2.22 bits per heavy atom. The summed E-state index contributed by atoms with van der Waals surface area (Å²) in [7, 11) is 0. The van der Waals surface area contributed by atoms with Crippen LogP contribution in [0, 0.1) is 5.41 Å². The summed E-state index contributed by atoms with van der Waals surface area (Å²) in [5, 5.41) is 8.58. The standard InChI is InChI=1S/C6H12O2S/c1-3-6(2,4-9)5(7)8/h9H,3-4H2,1-2H3,(H,7,8). The van der Waals surface area contributed by atoms with Crippen molar-refractivity contribution < 1.29 is 9.90 Å². The van der Waals surface area contributed by atoms with Gasteiger partial charge in [-0.15, -0.1) is 0 Å². The zero-order valence-electron chi connectivity index (χ0n) is 5.72. The van der Waals surface area contributed by atoms with Crippen LogP contribution in [-0.4, -0.2) is 16.8 Å². The Labute approximate surface area is 60.7 Å². The van der Waals surface area contributed by atoms with Gasteiger partial charge in [0.1, 0.15) is 0 Å². The van der Waals surface area contributed by atoms with Gasteiger partial charge in [-0.05, 0) is 13.3 Å². The van der Waals surface area contributed by atoms with E-state index in [1.807, 2.05) is 6.92 Å². The van der Waals surface area contributed by atoms with Crippen LogP contribution in [0.1, 0.15) is 20.3 Å². The average molecular weight is 148 g/mol. The van der Waals surface area contributed by atoms with Crippen LogP contribution in [0.5, 0.6) is 0 Å². The second kappa shape index (κ2) is 3.11. The van der Waals surface area contributed by atoms with Crippen LogP contribution in [0.3, 0.4) is 0 Å². The predicted molar refractivity (Wildman–Crippen MR) is 39.9 cm³/mol. The molecule has 0 aliphatic rings. The molecule has 0 spiro atoms. The topological polar surface area (TPSA) is 37.3 Å². The summed E-state index contributed by atoms with van der Waals surface area (Å²) in [5.41, 5.74) is -0.636. The molecule has 3 heteroatoms. The molecule has 0 aliphatic carbocycles. The van der Waals surface area contributed by atoms with Crippen molar-refractivity contribution in [2.75, 3.05) is 5.75 Å². The molecular weight excluding hydrogens is 136 g/mol. The van der Waals surface area contributed by atoms with Gasteiger partial charge < -0.3 is 5.11 Å². The lowest BCUT2D eigenvalue weighted by molar-refractivity contribution is -0.146. The smallest absolute Gasteiger partial charge is 0.310 e. The third-order valence-corrected chi connectivity index (χ3v) is 2.34. The van der Waals surface area contributed by atoms with E-state index >= 15 is 0 Å². The van der Waals surface area contributed by atoms with Crippen molar-refractivity contribution in [1.29, 1.82) is 0 Å². The first kappa shape index (κ1) is 8.82. The number of hydrogen-bond donors (Lipinski definition) is 2. The van der Waals surface area contributed by atoms with Crippen LogP contribution in [0.4, 0.5) is 0 Å². The summed E-state index contributed by atoms with van der Waals surface area (Å²) >= 11 is 3.94. The number of rotatable bonds is 3. The lowest BCUT2D eigenvalue weighted by Gasteiger charge is -2.19. The number of hydrogen-bond acceptors (Lipinski definition) is 2. The first-order chi connectivity index (χ1) is 4.06. The van der Waals surface area contributed by atoms with Crippen molar-refractivity contribution in [3.8, 4) is 0 Å². The molecule has 0 fully saturated rings. The van der Waals surface area contributed by atoms with Crippen LogP contribution in [0.25, 0.3) is 0 Å². The number of aliphatic carboxylic acids is 1. The van der Waals surface area contributed by atoms with Crippen molar-refractivity contribution in [1.82, 2.24) is 0 Å². The van der Waals surface area contributed by atoms with Gasteiger partial charge in [0, 0.05) is 5.75 Å². The minimum atomic E-state index is -0.764. The van der Waals surface area contributed by atoms with Gasteiger partial charge in [-0.1, -0.05) is 6.92 Å². The third-order valence-electron chi connectivity index (χ3n) is 1.65. The lowest BCUT2D eigenvalue weighted by atomic mass is 9.90. The quantitative estimate of drug-likeness (QED) is 0.594. The molecule has 0 amide bonds. The van der Waals surface area contributed by atoms with Gasteiger partial charge in [-0.3, -0.25) is 4.79 Å². The van der Waals surface area contributed by atoms with Gasteiger partial charge in [0.25, 0.3) is 0 Å². The molecule has 1 unspecified atom stereocenters. The summed E-state index contributed by atoms with van der Waals surface area (Å²) in [4.78, 5) is 10.4. The van der Waals surface area contributed by atoms with Crippen molar-refractivity contribution in [2.45, 2.75) is 20.3 Å². The SMILES string of the molecule is CCC(C)(CS)C(=O)O. The van der Waals surface area contributed by atoms with E-state index in [-0.39, 0.29) is 0 Å². The van der Waals surface area contributed by atoms with Crippen LogP contribution >= 0.6 is 12.6 Å². The molecule has 0 aromatic carbocycles. The molecule has 54 valence electrons. The van der Waals surface area contributed by atoms with Crippen LogP contribution < -0.4 is 0 Å². The first-order valence-electron chi connectivity index (χ1n) is 2.91. The predicted octanol–water partition coefficient (Wildman–Crippen LogP) is 1.42. The number of carboxylic acid groups (broad SMARTS) is 1. The minimum Gasteiger partial charge on any atom is -0.481 e. The van der Waals surface area contributed by atoms with E-state index in [0.29, 0.717) is 12.2 Å². The monoisotopic (exact) mass is 148 g/mol. The number of carboxylic acids is 1. The molecule has 0 saturated heterocycles. The molecule has 1 N–H and O–H groups in total. The Kier molecular flexibility index (Phi) is 3.04. The highest BCUT2D eigenvalue weighted by molar-refractivity contribution is 7.80. The van der Waals surface area contributed by atoms with Crippen molar-refractivity contribution >= 4 is 18.6 Å². The van der Waals surface area contributed by atoms with Crippen LogP contribution in [0.2, 0.25) is 0 Å². The highest BCUT2D eigenvalue weighted by atomic mass is 32.1. The van der Waals surface area contributed by atoms with Gasteiger partial charge in [-0.25, -0.2) is 0 Å². The van der Waals surface area contributed by atoms with Crippen molar-refractivity contribution in [2.24, 2.45) is 5.41 Å². The summed E-state index contributed by atoms with van der Waals surface area (Å²) < 4.78 is 0. The highest BCUT2D eigenvalue weighted by Gasteiger charge is 2.28. The zero-order chi connectivity index (χ0) is 7.49. The molecule has 0 bridgehead atoms. The summed E-state index contributed by atoms with van der Waals surface area (Å²) in [6, 6.07) is 0. The molecule has 0 heterocycles. The molecule has 0 aromatic rings. The highest BCUT2D eigenvalue weighted by Crippen LogP contribution is 2.22. The Bertz CT molecular complexity index is 108. The minimum absolute atomic E-state index is 0.402. The zero-order valence-corrected chi connectivity index (χ0v) is 6.61. The Balaban J connectivity index is 4.09. The third kappa shape index (κ3) is 1.90. The fraction of sp³-hybridized carbons (Fsp3) is 0.833. The van der Waals surface area contributed by atoms with E-state index in [9.17, 15) is 4.79 Å². The summed E-state index contributed by atoms with van der Waals surface area (Å²) in [6.07, 6.45) is 0.631. The second-order valence-electron chi connectivity index (χ2n) is 2.38. The summed E-state index contributed by atoms with van der Waals surface area (Å²) in [6.45, 7) is 3.55. The van der Waals surface area contributed by atoms with Crippen LogP contribution in [-0.2, 0) is 4.79 Å². The molecule has 1 atom stereocenters. The van der Waals surface area contributed by atoms with Gasteiger partial charge in [0.2, 0.25) is 0 Å². The van der Waals surface area contributed by atoms with Gasteiger partial charge >= 0.3 is 5.97 Å². The lowest BCUT2D eigenvalue weighted by Crippen LogP contribution is -2.28. The number of carbonyl (C=O) groups is 1. The molecule has 2 nitrogen and oxygen atoms in total. The number of thiol groups is 1.